The zero-order valence-electron chi connectivity index (χ0n) is 20.2. The van der Waals surface area contributed by atoms with E-state index in [2.05, 4.69) is 20.6 Å². The van der Waals surface area contributed by atoms with Gasteiger partial charge in [0.15, 0.2) is 11.4 Å². The minimum Gasteiger partial charge on any atom is -0.491 e. The molecule has 188 valence electrons. The van der Waals surface area contributed by atoms with Crippen molar-refractivity contribution in [3.63, 3.8) is 0 Å². The van der Waals surface area contributed by atoms with Crippen LogP contribution in [0.15, 0.2) is 64.8 Å². The summed E-state index contributed by atoms with van der Waals surface area (Å²) in [4.78, 5) is 31.0. The van der Waals surface area contributed by atoms with Crippen LogP contribution in [0.4, 0.5) is 5.69 Å². The van der Waals surface area contributed by atoms with E-state index in [-0.39, 0.29) is 17.6 Å². The molecule has 0 spiro atoms. The maximum absolute atomic E-state index is 12.7. The second-order valence-corrected chi connectivity index (χ2v) is 9.34. The van der Waals surface area contributed by atoms with Gasteiger partial charge in [-0.05, 0) is 47.8 Å². The second-order valence-electron chi connectivity index (χ2n) is 8.39. The predicted octanol–water partition coefficient (Wildman–Crippen LogP) is 3.70. The van der Waals surface area contributed by atoms with Gasteiger partial charge < -0.3 is 19.8 Å². The van der Waals surface area contributed by atoms with E-state index < -0.39 is 0 Å². The molecule has 0 radical (unpaired) electrons. The Bertz CT molecular complexity index is 1570. The molecule has 37 heavy (non-hydrogen) atoms. The molecule has 6 rings (SSSR count). The van der Waals surface area contributed by atoms with Crippen molar-refractivity contribution in [1.29, 1.82) is 0 Å². The van der Waals surface area contributed by atoms with Crippen LogP contribution in [0.3, 0.4) is 0 Å². The number of aromatic hydroxyl groups is 1. The van der Waals surface area contributed by atoms with Gasteiger partial charge in [0.2, 0.25) is 11.7 Å². The summed E-state index contributed by atoms with van der Waals surface area (Å²) >= 11 is 1.39. The average molecular weight is 517 g/mol. The number of carbonyl (C=O) groups is 2. The fourth-order valence-electron chi connectivity index (χ4n) is 4.01. The lowest BCUT2D eigenvalue weighted by atomic mass is 10.1. The van der Waals surface area contributed by atoms with Gasteiger partial charge in [0.1, 0.15) is 0 Å². The quantitative estimate of drug-likeness (QED) is 0.347. The Kier molecular flexibility index (Phi) is 6.80. The van der Waals surface area contributed by atoms with Gasteiger partial charge in [-0.3, -0.25) is 9.59 Å². The van der Waals surface area contributed by atoms with E-state index in [4.69, 9.17) is 9.63 Å². The van der Waals surface area contributed by atoms with Crippen molar-refractivity contribution < 1.29 is 19.2 Å². The van der Waals surface area contributed by atoms with Crippen molar-refractivity contribution in [2.24, 2.45) is 0 Å². The number of aromatic nitrogens is 4. The minimum absolute atomic E-state index is 0.0463. The molecule has 11 heteroatoms. The fourth-order valence-corrected chi connectivity index (χ4v) is 4.68. The first-order valence-electron chi connectivity index (χ1n) is 11.6. The highest BCUT2D eigenvalue weighted by Gasteiger charge is 2.19. The summed E-state index contributed by atoms with van der Waals surface area (Å²) in [5.74, 6) is 0.685. The molecule has 1 aliphatic heterocycles. The normalized spacial score (nSPS) is 12.5. The minimum atomic E-state index is -0.0882. The van der Waals surface area contributed by atoms with Crippen LogP contribution >= 0.6 is 11.3 Å². The highest BCUT2D eigenvalue weighted by atomic mass is 32.1. The monoisotopic (exact) mass is 516 g/mol. The number of ketones is 1. The number of benzene rings is 1. The molecule has 1 amide bonds. The lowest BCUT2D eigenvalue weighted by Gasteiger charge is -2.16. The van der Waals surface area contributed by atoms with Gasteiger partial charge in [-0.15, -0.1) is 11.3 Å². The molecule has 1 aromatic carbocycles. The molecule has 4 aromatic heterocycles. The Hall–Kier alpha value is -4.35. The highest BCUT2D eigenvalue weighted by molar-refractivity contribution is 7.12. The smallest absolute Gasteiger partial charge is 0.255 e. The first-order chi connectivity index (χ1) is 17.9. The molecule has 2 N–H and O–H groups in total. The predicted molar refractivity (Wildman–Crippen MR) is 139 cm³/mol. The SMILES string of the molecule is CC(=O)N(C)c1cccc(-c2ccnc3c(C(=O)c4cccs4)cnn23)c1.Oc1noc2c1CCNC2. The first kappa shape index (κ1) is 24.3. The third-order valence-electron chi connectivity index (χ3n) is 6.08. The third-order valence-corrected chi connectivity index (χ3v) is 6.95. The van der Waals surface area contributed by atoms with Crippen LogP contribution in [0.2, 0.25) is 0 Å². The molecule has 0 saturated heterocycles. The van der Waals surface area contributed by atoms with Crippen molar-refractivity contribution in [3.8, 4) is 17.1 Å². The maximum Gasteiger partial charge on any atom is 0.255 e. The molecule has 0 aliphatic carbocycles. The Balaban J connectivity index is 0.000000233. The van der Waals surface area contributed by atoms with Gasteiger partial charge in [0, 0.05) is 31.4 Å². The summed E-state index contributed by atoms with van der Waals surface area (Å²) < 4.78 is 6.48. The molecule has 5 aromatic rings. The van der Waals surface area contributed by atoms with E-state index in [1.165, 1.54) is 18.3 Å². The van der Waals surface area contributed by atoms with Crippen LogP contribution in [0.1, 0.15) is 33.5 Å². The van der Waals surface area contributed by atoms with Crippen molar-refractivity contribution >= 4 is 34.4 Å². The van der Waals surface area contributed by atoms with Crippen molar-refractivity contribution in [2.75, 3.05) is 18.5 Å². The van der Waals surface area contributed by atoms with Crippen molar-refractivity contribution in [1.82, 2.24) is 25.1 Å². The Morgan fingerprint density at radius 2 is 2.08 bits per heavy atom. The lowest BCUT2D eigenvalue weighted by Crippen LogP contribution is -2.22. The van der Waals surface area contributed by atoms with Crippen molar-refractivity contribution in [2.45, 2.75) is 19.9 Å². The number of hydrogen-bond donors (Lipinski definition) is 2. The molecule has 0 unspecified atom stereocenters. The molecular weight excluding hydrogens is 492 g/mol. The van der Waals surface area contributed by atoms with Gasteiger partial charge in [-0.25, -0.2) is 9.50 Å². The van der Waals surface area contributed by atoms with Crippen LogP contribution < -0.4 is 10.2 Å². The summed E-state index contributed by atoms with van der Waals surface area (Å²) in [7, 11) is 1.73. The van der Waals surface area contributed by atoms with E-state index >= 15 is 0 Å². The van der Waals surface area contributed by atoms with Gasteiger partial charge in [0.05, 0.1) is 34.4 Å². The van der Waals surface area contributed by atoms with E-state index in [1.54, 1.807) is 34.9 Å². The topological polar surface area (TPSA) is 126 Å². The zero-order chi connectivity index (χ0) is 25.9. The van der Waals surface area contributed by atoms with Gasteiger partial charge in [-0.1, -0.05) is 18.2 Å². The highest BCUT2D eigenvalue weighted by Crippen LogP contribution is 2.26. The number of rotatable bonds is 4. The molecular formula is C26H24N6O4S. The van der Waals surface area contributed by atoms with E-state index in [9.17, 15) is 9.59 Å². The number of nitrogens with zero attached hydrogens (tertiary/aromatic N) is 5. The number of thiophene rings is 1. The second kappa shape index (κ2) is 10.3. The van der Waals surface area contributed by atoms with E-state index in [1.807, 2.05) is 41.8 Å². The number of amides is 1. The third kappa shape index (κ3) is 4.86. The molecule has 0 atom stereocenters. The van der Waals surface area contributed by atoms with Crippen LogP contribution in [-0.4, -0.2) is 50.1 Å². The Labute approximate surface area is 216 Å². The number of nitrogens with one attached hydrogen (secondary N) is 1. The van der Waals surface area contributed by atoms with Gasteiger partial charge in [-0.2, -0.15) is 5.10 Å². The maximum atomic E-state index is 12.7. The molecule has 5 heterocycles. The molecule has 0 fully saturated rings. The van der Waals surface area contributed by atoms with Crippen LogP contribution in [0.5, 0.6) is 5.88 Å². The van der Waals surface area contributed by atoms with Gasteiger partial charge >= 0.3 is 0 Å². The standard InChI is InChI=1S/C20H16N4O2S.C6H8N2O2/c1-13(25)23(2)15-6-3-5-14(11-15)17-8-9-21-20-16(12-22-24(17)20)19(26)18-7-4-10-27-18;9-6-4-1-2-7-3-5(4)10-8-6/h3-12H,1-2H3;7H,1-3H2,(H,8,9). The Morgan fingerprint density at radius 1 is 1.22 bits per heavy atom. The molecule has 1 aliphatic rings. The van der Waals surface area contributed by atoms with E-state index in [0.717, 1.165) is 41.2 Å². The van der Waals surface area contributed by atoms with Crippen LogP contribution in [-0.2, 0) is 17.8 Å². The lowest BCUT2D eigenvalue weighted by molar-refractivity contribution is -0.116. The summed E-state index contributed by atoms with van der Waals surface area (Å²) in [6, 6.07) is 13.1. The van der Waals surface area contributed by atoms with Crippen LogP contribution in [0.25, 0.3) is 16.9 Å². The zero-order valence-corrected chi connectivity index (χ0v) is 21.0. The first-order valence-corrected chi connectivity index (χ1v) is 12.4. The summed E-state index contributed by atoms with van der Waals surface area (Å²) in [6.07, 6.45) is 4.03. The van der Waals surface area contributed by atoms with Crippen molar-refractivity contribution in [3.05, 3.63) is 82.0 Å². The number of anilines is 1. The molecule has 10 nitrogen and oxygen atoms in total. The average Bonchev–Trinajstić information content (AvgIpc) is 3.69. The molecule has 0 saturated carbocycles. The Morgan fingerprint density at radius 3 is 2.84 bits per heavy atom. The molecule has 0 bridgehead atoms. The number of fused-ring (bicyclic) bond motifs is 2. The summed E-state index contributed by atoms with van der Waals surface area (Å²) in [6.45, 7) is 3.10. The summed E-state index contributed by atoms with van der Waals surface area (Å²) in [5.41, 5.74) is 4.30. The van der Waals surface area contributed by atoms with E-state index in [0.29, 0.717) is 22.6 Å². The largest absolute Gasteiger partial charge is 0.491 e. The fraction of sp³-hybridized carbons (Fsp3) is 0.192. The number of carbonyl (C=O) groups excluding carboxylic acids is 2. The summed E-state index contributed by atoms with van der Waals surface area (Å²) in [5, 5.41) is 21.9. The van der Waals surface area contributed by atoms with Crippen LogP contribution in [0, 0.1) is 0 Å². The number of hydrogen-bond acceptors (Lipinski definition) is 9. The van der Waals surface area contributed by atoms with Gasteiger partial charge in [0.25, 0.3) is 5.88 Å².